The van der Waals surface area contributed by atoms with Crippen LogP contribution < -0.4 is 5.73 Å². The minimum Gasteiger partial charge on any atom is -0.384 e. The van der Waals surface area contributed by atoms with Crippen LogP contribution in [0.4, 0.5) is 5.82 Å². The van der Waals surface area contributed by atoms with Gasteiger partial charge in [0.05, 0.1) is 0 Å². The van der Waals surface area contributed by atoms with E-state index < -0.39 is 0 Å². The number of hydrogen-bond donors (Lipinski definition) is 1. The van der Waals surface area contributed by atoms with Gasteiger partial charge in [-0.25, -0.2) is 4.98 Å². The fraction of sp³-hybridized carbons (Fsp3) is 0.214. The molecule has 2 nitrogen and oxygen atoms in total. The topological polar surface area (TPSA) is 38.9 Å². The zero-order valence-electron chi connectivity index (χ0n) is 9.70. The lowest BCUT2D eigenvalue weighted by molar-refractivity contribution is 1.14. The fourth-order valence-corrected chi connectivity index (χ4v) is 1.81. The van der Waals surface area contributed by atoms with Crippen molar-refractivity contribution in [2.24, 2.45) is 0 Å². The number of anilines is 1. The molecule has 0 radical (unpaired) electrons. The monoisotopic (exact) mass is 212 g/mol. The largest absolute Gasteiger partial charge is 0.384 e. The molecule has 0 atom stereocenters. The van der Waals surface area contributed by atoms with Gasteiger partial charge in [0.1, 0.15) is 5.82 Å². The minimum atomic E-state index is 0.575. The van der Waals surface area contributed by atoms with E-state index >= 15 is 0 Å². The standard InChI is InChI=1S/C14H16N2/c1-3-11-4-6-12(7-5-11)13-8-9-14(15)16-10(13)2/h4-9H,3H2,1-2H3,(H2,15,16). The Bertz CT molecular complexity index is 487. The molecule has 16 heavy (non-hydrogen) atoms. The van der Waals surface area contributed by atoms with Gasteiger partial charge in [0.2, 0.25) is 0 Å². The summed E-state index contributed by atoms with van der Waals surface area (Å²) >= 11 is 0. The van der Waals surface area contributed by atoms with Crippen molar-refractivity contribution in [2.45, 2.75) is 20.3 Å². The Morgan fingerprint density at radius 1 is 1.06 bits per heavy atom. The van der Waals surface area contributed by atoms with Crippen molar-refractivity contribution >= 4 is 5.82 Å². The van der Waals surface area contributed by atoms with Crippen LogP contribution in [0.15, 0.2) is 36.4 Å². The lowest BCUT2D eigenvalue weighted by Crippen LogP contribution is -1.94. The maximum atomic E-state index is 5.64. The molecule has 0 fully saturated rings. The summed E-state index contributed by atoms with van der Waals surface area (Å²) < 4.78 is 0. The lowest BCUT2D eigenvalue weighted by Gasteiger charge is -2.06. The van der Waals surface area contributed by atoms with E-state index in [1.807, 2.05) is 19.1 Å². The highest BCUT2D eigenvalue weighted by Gasteiger charge is 2.02. The first-order valence-electron chi connectivity index (χ1n) is 5.53. The molecule has 2 aromatic rings. The van der Waals surface area contributed by atoms with E-state index in [2.05, 4.69) is 36.2 Å². The summed E-state index contributed by atoms with van der Waals surface area (Å²) in [7, 11) is 0. The SMILES string of the molecule is CCc1ccc(-c2ccc(N)nc2C)cc1. The van der Waals surface area contributed by atoms with Gasteiger partial charge in [0, 0.05) is 11.3 Å². The number of pyridine rings is 1. The Morgan fingerprint density at radius 2 is 1.75 bits per heavy atom. The highest BCUT2D eigenvalue weighted by Crippen LogP contribution is 2.23. The molecule has 0 amide bonds. The van der Waals surface area contributed by atoms with E-state index in [0.717, 1.165) is 17.7 Å². The van der Waals surface area contributed by atoms with Gasteiger partial charge in [-0.1, -0.05) is 31.2 Å². The molecular weight excluding hydrogens is 196 g/mol. The molecule has 1 aromatic heterocycles. The van der Waals surface area contributed by atoms with Gasteiger partial charge in [0.15, 0.2) is 0 Å². The smallest absolute Gasteiger partial charge is 0.123 e. The minimum absolute atomic E-state index is 0.575. The normalized spacial score (nSPS) is 10.4. The average molecular weight is 212 g/mol. The molecular formula is C14H16N2. The molecule has 0 aliphatic carbocycles. The van der Waals surface area contributed by atoms with Gasteiger partial charge in [0.25, 0.3) is 0 Å². The molecule has 1 heterocycles. The molecule has 2 rings (SSSR count). The summed E-state index contributed by atoms with van der Waals surface area (Å²) in [4.78, 5) is 4.27. The van der Waals surface area contributed by atoms with Gasteiger partial charge in [-0.3, -0.25) is 0 Å². The number of benzene rings is 1. The van der Waals surface area contributed by atoms with Crippen LogP contribution in [0.1, 0.15) is 18.2 Å². The second kappa shape index (κ2) is 4.35. The molecule has 0 saturated carbocycles. The van der Waals surface area contributed by atoms with Crippen molar-refractivity contribution in [2.75, 3.05) is 5.73 Å². The van der Waals surface area contributed by atoms with Gasteiger partial charge in [-0.05, 0) is 36.6 Å². The Hall–Kier alpha value is -1.83. The van der Waals surface area contributed by atoms with Crippen LogP contribution >= 0.6 is 0 Å². The van der Waals surface area contributed by atoms with Crippen LogP contribution in [0.3, 0.4) is 0 Å². The average Bonchev–Trinajstić information content (AvgIpc) is 2.29. The maximum Gasteiger partial charge on any atom is 0.123 e. The number of hydrogen-bond acceptors (Lipinski definition) is 2. The first-order valence-corrected chi connectivity index (χ1v) is 5.53. The summed E-state index contributed by atoms with van der Waals surface area (Å²) in [6, 6.07) is 12.5. The molecule has 0 spiro atoms. The summed E-state index contributed by atoms with van der Waals surface area (Å²) in [6.07, 6.45) is 1.07. The Labute approximate surface area is 96.1 Å². The van der Waals surface area contributed by atoms with Crippen molar-refractivity contribution in [3.63, 3.8) is 0 Å². The third kappa shape index (κ3) is 2.06. The van der Waals surface area contributed by atoms with E-state index in [1.54, 1.807) is 0 Å². The number of nitrogen functional groups attached to an aromatic ring is 1. The first-order chi connectivity index (χ1) is 7.70. The van der Waals surface area contributed by atoms with E-state index in [-0.39, 0.29) is 0 Å². The molecule has 2 heteroatoms. The van der Waals surface area contributed by atoms with Crippen LogP contribution in [0.2, 0.25) is 0 Å². The van der Waals surface area contributed by atoms with Crippen LogP contribution in [-0.2, 0) is 6.42 Å². The lowest BCUT2D eigenvalue weighted by atomic mass is 10.0. The zero-order chi connectivity index (χ0) is 11.5. The third-order valence-electron chi connectivity index (χ3n) is 2.78. The van der Waals surface area contributed by atoms with E-state index in [9.17, 15) is 0 Å². The number of aromatic nitrogens is 1. The van der Waals surface area contributed by atoms with Crippen molar-refractivity contribution in [1.29, 1.82) is 0 Å². The second-order valence-electron chi connectivity index (χ2n) is 3.92. The Balaban J connectivity index is 2.42. The van der Waals surface area contributed by atoms with Crippen LogP contribution in [0.25, 0.3) is 11.1 Å². The van der Waals surface area contributed by atoms with Gasteiger partial charge >= 0.3 is 0 Å². The highest BCUT2D eigenvalue weighted by atomic mass is 14.8. The van der Waals surface area contributed by atoms with Gasteiger partial charge in [-0.15, -0.1) is 0 Å². The first kappa shape index (κ1) is 10.7. The van der Waals surface area contributed by atoms with Crippen LogP contribution in [0, 0.1) is 6.92 Å². The number of aryl methyl sites for hydroxylation is 2. The fourth-order valence-electron chi connectivity index (χ4n) is 1.81. The van der Waals surface area contributed by atoms with Crippen molar-refractivity contribution < 1.29 is 0 Å². The zero-order valence-corrected chi connectivity index (χ0v) is 9.70. The van der Waals surface area contributed by atoms with E-state index in [4.69, 9.17) is 5.73 Å². The summed E-state index contributed by atoms with van der Waals surface area (Å²) in [5.41, 5.74) is 10.3. The summed E-state index contributed by atoms with van der Waals surface area (Å²) in [5.74, 6) is 0.575. The van der Waals surface area contributed by atoms with Crippen LogP contribution in [-0.4, -0.2) is 4.98 Å². The Morgan fingerprint density at radius 3 is 2.31 bits per heavy atom. The molecule has 0 bridgehead atoms. The molecule has 2 N–H and O–H groups in total. The molecule has 1 aromatic carbocycles. The molecule has 0 unspecified atom stereocenters. The number of rotatable bonds is 2. The number of nitrogens with two attached hydrogens (primary N) is 1. The predicted molar refractivity (Wildman–Crippen MR) is 68.2 cm³/mol. The van der Waals surface area contributed by atoms with Crippen LogP contribution in [0.5, 0.6) is 0 Å². The second-order valence-corrected chi connectivity index (χ2v) is 3.92. The Kier molecular flexibility index (Phi) is 2.91. The van der Waals surface area contributed by atoms with E-state index in [1.165, 1.54) is 11.1 Å². The maximum absolute atomic E-state index is 5.64. The quantitative estimate of drug-likeness (QED) is 0.830. The van der Waals surface area contributed by atoms with E-state index in [0.29, 0.717) is 5.82 Å². The summed E-state index contributed by atoms with van der Waals surface area (Å²) in [6.45, 7) is 4.14. The van der Waals surface area contributed by atoms with Gasteiger partial charge < -0.3 is 5.73 Å². The molecule has 0 aliphatic heterocycles. The van der Waals surface area contributed by atoms with Crippen molar-refractivity contribution in [3.05, 3.63) is 47.7 Å². The highest BCUT2D eigenvalue weighted by molar-refractivity contribution is 5.67. The third-order valence-corrected chi connectivity index (χ3v) is 2.78. The summed E-state index contributed by atoms with van der Waals surface area (Å²) in [5, 5.41) is 0. The molecule has 82 valence electrons. The molecule has 0 aliphatic rings. The van der Waals surface area contributed by atoms with Crippen molar-refractivity contribution in [1.82, 2.24) is 4.98 Å². The van der Waals surface area contributed by atoms with Gasteiger partial charge in [-0.2, -0.15) is 0 Å². The molecule has 0 saturated heterocycles. The predicted octanol–water partition coefficient (Wildman–Crippen LogP) is 3.20. The number of nitrogens with zero attached hydrogens (tertiary/aromatic N) is 1. The van der Waals surface area contributed by atoms with Crippen molar-refractivity contribution in [3.8, 4) is 11.1 Å².